The largest absolute Gasteiger partial charge is 0.326 e. The average molecular weight is 449 g/mol. The van der Waals surface area contributed by atoms with Gasteiger partial charge in [0.05, 0.1) is 10.2 Å². The fraction of sp³-hybridized carbons (Fsp3) is 0.0588. The minimum absolute atomic E-state index is 0.135. The number of hydrogen-bond donors (Lipinski definition) is 3. The molecule has 3 rings (SSSR count). The van der Waals surface area contributed by atoms with Gasteiger partial charge in [-0.25, -0.2) is 4.98 Å². The standard InChI is InChI=1S/C17H13BrN4O2S2/c1-9(23)19-12-6-7-13-14(8-12)26-17(20-13)22-16(25)21-15(24)10-2-4-11(18)5-3-10/h2-8H,1H3,(H,19,23)(H2,20,21,22,24,25). The number of hydrogen-bond acceptors (Lipinski definition) is 5. The van der Waals surface area contributed by atoms with E-state index in [2.05, 4.69) is 36.9 Å². The van der Waals surface area contributed by atoms with E-state index in [0.29, 0.717) is 16.4 Å². The lowest BCUT2D eigenvalue weighted by Gasteiger charge is -2.07. The van der Waals surface area contributed by atoms with Crippen molar-refractivity contribution in [3.63, 3.8) is 0 Å². The van der Waals surface area contributed by atoms with E-state index in [1.807, 2.05) is 12.1 Å². The number of nitrogens with zero attached hydrogens (tertiary/aromatic N) is 1. The number of thiazole rings is 1. The van der Waals surface area contributed by atoms with Gasteiger partial charge in [0.2, 0.25) is 5.91 Å². The van der Waals surface area contributed by atoms with E-state index in [4.69, 9.17) is 12.2 Å². The lowest BCUT2D eigenvalue weighted by atomic mass is 10.2. The van der Waals surface area contributed by atoms with Crippen LogP contribution in [0, 0.1) is 0 Å². The fourth-order valence-electron chi connectivity index (χ4n) is 2.16. The first kappa shape index (κ1) is 18.4. The number of rotatable bonds is 3. The Morgan fingerprint density at radius 2 is 1.85 bits per heavy atom. The number of carbonyl (C=O) groups is 2. The number of benzene rings is 2. The van der Waals surface area contributed by atoms with Crippen molar-refractivity contribution in [2.45, 2.75) is 6.92 Å². The third kappa shape index (κ3) is 4.63. The van der Waals surface area contributed by atoms with E-state index in [-0.39, 0.29) is 16.9 Å². The number of nitrogens with one attached hydrogen (secondary N) is 3. The molecule has 0 fully saturated rings. The average Bonchev–Trinajstić information content (AvgIpc) is 2.96. The number of fused-ring (bicyclic) bond motifs is 1. The van der Waals surface area contributed by atoms with Gasteiger partial charge in [0.25, 0.3) is 5.91 Å². The molecule has 0 spiro atoms. The normalized spacial score (nSPS) is 10.4. The van der Waals surface area contributed by atoms with Gasteiger partial charge in [0.15, 0.2) is 10.2 Å². The highest BCUT2D eigenvalue weighted by Gasteiger charge is 2.10. The third-order valence-corrected chi connectivity index (χ3v) is 4.93. The van der Waals surface area contributed by atoms with Crippen LogP contribution >= 0.6 is 39.5 Å². The summed E-state index contributed by atoms with van der Waals surface area (Å²) in [6.07, 6.45) is 0. The predicted molar refractivity (Wildman–Crippen MR) is 112 cm³/mol. The van der Waals surface area contributed by atoms with Crippen molar-refractivity contribution in [2.75, 3.05) is 10.6 Å². The second kappa shape index (κ2) is 7.90. The van der Waals surface area contributed by atoms with Crippen LogP contribution in [0.1, 0.15) is 17.3 Å². The Morgan fingerprint density at radius 1 is 1.12 bits per heavy atom. The van der Waals surface area contributed by atoms with Crippen LogP contribution in [-0.4, -0.2) is 21.9 Å². The van der Waals surface area contributed by atoms with Crippen LogP contribution in [0.25, 0.3) is 10.2 Å². The molecule has 132 valence electrons. The van der Waals surface area contributed by atoms with Gasteiger partial charge in [-0.15, -0.1) is 0 Å². The highest BCUT2D eigenvalue weighted by molar-refractivity contribution is 9.10. The lowest BCUT2D eigenvalue weighted by Crippen LogP contribution is -2.34. The molecule has 2 amide bonds. The molecule has 0 saturated carbocycles. The molecule has 0 unspecified atom stereocenters. The molecule has 0 aliphatic rings. The summed E-state index contributed by atoms with van der Waals surface area (Å²) in [4.78, 5) is 27.7. The van der Waals surface area contributed by atoms with Crippen LogP contribution in [0.15, 0.2) is 46.9 Å². The van der Waals surface area contributed by atoms with Crippen molar-refractivity contribution in [3.8, 4) is 0 Å². The van der Waals surface area contributed by atoms with E-state index >= 15 is 0 Å². The van der Waals surface area contributed by atoms with Crippen LogP contribution < -0.4 is 16.0 Å². The quantitative estimate of drug-likeness (QED) is 0.524. The third-order valence-electron chi connectivity index (χ3n) is 3.26. The van der Waals surface area contributed by atoms with E-state index in [0.717, 1.165) is 14.7 Å². The molecular weight excluding hydrogens is 436 g/mol. The van der Waals surface area contributed by atoms with E-state index in [9.17, 15) is 9.59 Å². The van der Waals surface area contributed by atoms with Crippen molar-refractivity contribution in [1.29, 1.82) is 0 Å². The molecular formula is C17H13BrN4O2S2. The van der Waals surface area contributed by atoms with Crippen LogP contribution in [0.3, 0.4) is 0 Å². The monoisotopic (exact) mass is 448 g/mol. The first-order valence-electron chi connectivity index (χ1n) is 7.47. The van der Waals surface area contributed by atoms with Crippen molar-refractivity contribution < 1.29 is 9.59 Å². The second-order valence-corrected chi connectivity index (χ2v) is 7.65. The molecule has 0 radical (unpaired) electrons. The molecule has 0 bridgehead atoms. The highest BCUT2D eigenvalue weighted by Crippen LogP contribution is 2.28. The zero-order valence-electron chi connectivity index (χ0n) is 13.5. The fourth-order valence-corrected chi connectivity index (χ4v) is 3.59. The molecule has 1 aromatic heterocycles. The minimum Gasteiger partial charge on any atom is -0.326 e. The molecule has 1 heterocycles. The Labute approximate surface area is 167 Å². The van der Waals surface area contributed by atoms with Gasteiger partial charge >= 0.3 is 0 Å². The first-order chi connectivity index (χ1) is 12.4. The molecule has 3 aromatic rings. The summed E-state index contributed by atoms with van der Waals surface area (Å²) in [7, 11) is 0. The highest BCUT2D eigenvalue weighted by atomic mass is 79.9. The van der Waals surface area contributed by atoms with Crippen molar-refractivity contribution in [3.05, 3.63) is 52.5 Å². The summed E-state index contributed by atoms with van der Waals surface area (Å²) in [6, 6.07) is 12.4. The Morgan fingerprint density at radius 3 is 2.54 bits per heavy atom. The molecule has 3 N–H and O–H groups in total. The molecule has 0 aliphatic heterocycles. The topological polar surface area (TPSA) is 83.1 Å². The van der Waals surface area contributed by atoms with Crippen LogP contribution in [0.4, 0.5) is 10.8 Å². The van der Waals surface area contributed by atoms with Gasteiger partial charge < -0.3 is 10.6 Å². The van der Waals surface area contributed by atoms with Gasteiger partial charge in [-0.3, -0.25) is 14.9 Å². The molecule has 6 nitrogen and oxygen atoms in total. The number of anilines is 2. The summed E-state index contributed by atoms with van der Waals surface area (Å²) >= 11 is 9.88. The Kier molecular flexibility index (Phi) is 5.60. The molecule has 0 aliphatic carbocycles. The minimum atomic E-state index is -0.302. The number of halogens is 1. The van der Waals surface area contributed by atoms with Gasteiger partial charge in [0.1, 0.15) is 0 Å². The number of amides is 2. The summed E-state index contributed by atoms with van der Waals surface area (Å²) in [5, 5.41) is 8.99. The zero-order valence-corrected chi connectivity index (χ0v) is 16.7. The zero-order chi connectivity index (χ0) is 18.7. The van der Waals surface area contributed by atoms with Gasteiger partial charge in [0, 0.05) is 22.6 Å². The van der Waals surface area contributed by atoms with E-state index in [1.165, 1.54) is 18.3 Å². The lowest BCUT2D eigenvalue weighted by molar-refractivity contribution is -0.114. The molecule has 0 atom stereocenters. The SMILES string of the molecule is CC(=O)Nc1ccc2nc(NC(=S)NC(=O)c3ccc(Br)cc3)sc2c1. The maximum atomic E-state index is 12.2. The van der Waals surface area contributed by atoms with Crippen LogP contribution in [0.5, 0.6) is 0 Å². The van der Waals surface area contributed by atoms with E-state index in [1.54, 1.807) is 30.3 Å². The smallest absolute Gasteiger partial charge is 0.257 e. The maximum Gasteiger partial charge on any atom is 0.257 e. The summed E-state index contributed by atoms with van der Waals surface area (Å²) in [5.74, 6) is -0.437. The van der Waals surface area contributed by atoms with Crippen LogP contribution in [0.2, 0.25) is 0 Å². The predicted octanol–water partition coefficient (Wildman–Crippen LogP) is 4.14. The molecule has 9 heteroatoms. The van der Waals surface area contributed by atoms with E-state index < -0.39 is 0 Å². The summed E-state index contributed by atoms with van der Waals surface area (Å²) in [6.45, 7) is 1.45. The summed E-state index contributed by atoms with van der Waals surface area (Å²) in [5.41, 5.74) is 1.97. The Bertz CT molecular complexity index is 1000. The first-order valence-corrected chi connectivity index (χ1v) is 9.48. The van der Waals surface area contributed by atoms with Gasteiger partial charge in [-0.1, -0.05) is 27.3 Å². The summed E-state index contributed by atoms with van der Waals surface area (Å²) < 4.78 is 1.78. The maximum absolute atomic E-state index is 12.2. The van der Waals surface area contributed by atoms with Crippen molar-refractivity contribution >= 4 is 77.4 Å². The molecule has 2 aromatic carbocycles. The molecule has 0 saturated heterocycles. The Hall–Kier alpha value is -2.36. The van der Waals surface area contributed by atoms with Gasteiger partial charge in [-0.05, 0) is 54.7 Å². The Balaban J connectivity index is 1.67. The van der Waals surface area contributed by atoms with Gasteiger partial charge in [-0.2, -0.15) is 0 Å². The number of carbonyl (C=O) groups excluding carboxylic acids is 2. The molecule has 26 heavy (non-hydrogen) atoms. The second-order valence-electron chi connectivity index (χ2n) is 5.30. The number of aromatic nitrogens is 1. The van der Waals surface area contributed by atoms with Crippen LogP contribution in [-0.2, 0) is 4.79 Å². The van der Waals surface area contributed by atoms with Crippen molar-refractivity contribution in [1.82, 2.24) is 10.3 Å². The van der Waals surface area contributed by atoms with Crippen molar-refractivity contribution in [2.24, 2.45) is 0 Å². The number of thiocarbonyl (C=S) groups is 1.